The van der Waals surface area contributed by atoms with Crippen molar-refractivity contribution >= 4 is 21.7 Å². The molecule has 2 rings (SSSR count). The van der Waals surface area contributed by atoms with Crippen molar-refractivity contribution in [2.45, 2.75) is 30.0 Å². The van der Waals surface area contributed by atoms with Crippen molar-refractivity contribution in [3.05, 3.63) is 0 Å². The molecule has 3 atom stereocenters. The van der Waals surface area contributed by atoms with Gasteiger partial charge in [-0.25, -0.2) is 0 Å². The molecule has 0 N–H and O–H groups in total. The van der Waals surface area contributed by atoms with Crippen LogP contribution in [0.15, 0.2) is 0 Å². The van der Waals surface area contributed by atoms with Gasteiger partial charge in [-0.2, -0.15) is 17.6 Å². The number of ketones is 1. The molecule has 15 heavy (non-hydrogen) atoms. The van der Waals surface area contributed by atoms with Gasteiger partial charge in [-0.15, -0.1) is 0 Å². The first-order valence-electron chi connectivity index (χ1n) is 4.70. The summed E-state index contributed by atoms with van der Waals surface area (Å²) in [5.74, 6) is -6.46. The van der Waals surface area contributed by atoms with Crippen molar-refractivity contribution in [3.8, 4) is 0 Å². The van der Waals surface area contributed by atoms with Crippen LogP contribution in [0.4, 0.5) is 17.6 Å². The summed E-state index contributed by atoms with van der Waals surface area (Å²) in [7, 11) is 0. The third-order valence-corrected chi connectivity index (χ3v) is 3.99. The van der Waals surface area contributed by atoms with Crippen LogP contribution in [0.1, 0.15) is 19.3 Å². The van der Waals surface area contributed by atoms with Gasteiger partial charge in [0.2, 0.25) is 0 Å². The second-order valence-electron chi connectivity index (χ2n) is 4.33. The van der Waals surface area contributed by atoms with Crippen LogP contribution >= 0.6 is 15.9 Å². The Morgan fingerprint density at radius 1 is 1.20 bits per heavy atom. The number of carbonyl (C=O) groups excluding carboxylic acids is 1. The molecule has 0 aromatic carbocycles. The van der Waals surface area contributed by atoms with Crippen LogP contribution in [0.25, 0.3) is 0 Å². The lowest BCUT2D eigenvalue weighted by Crippen LogP contribution is -2.45. The molecule has 2 fully saturated rings. The molecule has 2 aliphatic carbocycles. The summed E-state index contributed by atoms with van der Waals surface area (Å²) in [6.45, 7) is 0. The molecular formula is C9H9BrF4O. The molecule has 0 amide bonds. The average molecular weight is 289 g/mol. The molecular weight excluding hydrogens is 280 g/mol. The molecule has 0 aliphatic heterocycles. The van der Waals surface area contributed by atoms with Gasteiger partial charge in [0, 0.05) is 18.3 Å². The van der Waals surface area contributed by atoms with Crippen molar-refractivity contribution in [3.63, 3.8) is 0 Å². The van der Waals surface area contributed by atoms with Crippen LogP contribution in [0.5, 0.6) is 0 Å². The van der Waals surface area contributed by atoms with E-state index in [1.807, 2.05) is 0 Å². The van der Waals surface area contributed by atoms with E-state index in [0.29, 0.717) is 6.42 Å². The summed E-state index contributed by atoms with van der Waals surface area (Å²) in [5.41, 5.74) is 0. The van der Waals surface area contributed by atoms with Gasteiger partial charge in [-0.3, -0.25) is 4.79 Å². The number of hydrogen-bond acceptors (Lipinski definition) is 1. The molecule has 3 unspecified atom stereocenters. The summed E-state index contributed by atoms with van der Waals surface area (Å²) in [6.07, 6.45) is 0.286. The highest BCUT2D eigenvalue weighted by Crippen LogP contribution is 2.57. The summed E-state index contributed by atoms with van der Waals surface area (Å²) < 4.78 is 51.9. The monoisotopic (exact) mass is 288 g/mol. The Bertz CT molecular complexity index is 299. The van der Waals surface area contributed by atoms with Crippen LogP contribution in [0.2, 0.25) is 0 Å². The summed E-state index contributed by atoms with van der Waals surface area (Å²) in [6, 6.07) is 0. The zero-order valence-corrected chi connectivity index (χ0v) is 9.24. The van der Waals surface area contributed by atoms with Crippen molar-refractivity contribution < 1.29 is 22.4 Å². The Morgan fingerprint density at radius 2 is 1.80 bits per heavy atom. The Kier molecular flexibility index (Phi) is 2.41. The number of fused-ring (bicyclic) bond motifs is 2. The highest BCUT2D eigenvalue weighted by molar-refractivity contribution is 9.10. The molecule has 0 aromatic rings. The Labute approximate surface area is 92.3 Å². The van der Waals surface area contributed by atoms with Crippen LogP contribution < -0.4 is 0 Å². The minimum absolute atomic E-state index is 0.0357. The fourth-order valence-electron chi connectivity index (χ4n) is 2.69. The van der Waals surface area contributed by atoms with E-state index in [1.165, 1.54) is 0 Å². The highest BCUT2D eigenvalue weighted by atomic mass is 79.9. The Hall–Kier alpha value is -0.130. The quantitative estimate of drug-likeness (QED) is 0.563. The summed E-state index contributed by atoms with van der Waals surface area (Å²) in [4.78, 5) is 6.93. The predicted octanol–water partition coefficient (Wildman–Crippen LogP) is 3.22. The Balaban J connectivity index is 2.18. The summed E-state index contributed by atoms with van der Waals surface area (Å²) >= 11 is 1.73. The molecule has 0 radical (unpaired) electrons. The second kappa shape index (κ2) is 3.18. The maximum absolute atomic E-state index is 13.3. The van der Waals surface area contributed by atoms with Crippen LogP contribution in [-0.4, -0.2) is 16.5 Å². The maximum Gasteiger partial charge on any atom is 0.363 e. The minimum atomic E-state index is -4.18. The number of rotatable bonds is 2. The molecule has 0 aromatic heterocycles. The lowest BCUT2D eigenvalue weighted by molar-refractivity contribution is -0.192. The zero-order valence-electron chi connectivity index (χ0n) is 7.65. The van der Waals surface area contributed by atoms with E-state index >= 15 is 0 Å². The van der Waals surface area contributed by atoms with Gasteiger partial charge >= 0.3 is 10.8 Å². The molecule has 1 nitrogen and oxygen atoms in total. The van der Waals surface area contributed by atoms with Gasteiger partial charge in [0.1, 0.15) is 5.78 Å². The lowest BCUT2D eigenvalue weighted by atomic mass is 9.83. The van der Waals surface area contributed by atoms with Gasteiger partial charge in [-0.1, -0.05) is 0 Å². The van der Waals surface area contributed by atoms with E-state index in [-0.39, 0.29) is 18.6 Å². The molecule has 2 aliphatic rings. The standard InChI is InChI=1S/C9H9BrF4O/c10-9(13,14)8(11,12)6-2-5-1-4(6)3-7(5)15/h4-6H,1-3H2. The fourth-order valence-corrected chi connectivity index (χ4v) is 2.99. The van der Waals surface area contributed by atoms with E-state index < -0.39 is 28.5 Å². The Morgan fingerprint density at radius 3 is 2.13 bits per heavy atom. The topological polar surface area (TPSA) is 17.1 Å². The van der Waals surface area contributed by atoms with Crippen molar-refractivity contribution in [2.24, 2.45) is 17.8 Å². The lowest BCUT2D eigenvalue weighted by Gasteiger charge is -2.32. The first kappa shape index (κ1) is 11.4. The number of carbonyl (C=O) groups is 1. The number of halogens is 5. The second-order valence-corrected chi connectivity index (χ2v) is 5.32. The number of alkyl halides is 5. The number of Topliss-reactive ketones (excluding diaryl/α,β-unsaturated/α-hetero) is 1. The minimum Gasteiger partial charge on any atom is -0.299 e. The van der Waals surface area contributed by atoms with E-state index in [9.17, 15) is 22.4 Å². The van der Waals surface area contributed by atoms with Crippen LogP contribution in [0.3, 0.4) is 0 Å². The van der Waals surface area contributed by atoms with E-state index in [0.717, 1.165) is 0 Å². The highest BCUT2D eigenvalue weighted by Gasteiger charge is 2.65. The summed E-state index contributed by atoms with van der Waals surface area (Å²) in [5, 5.41) is 0. The van der Waals surface area contributed by atoms with Crippen LogP contribution in [-0.2, 0) is 4.79 Å². The molecule has 2 saturated carbocycles. The normalized spacial score (nSPS) is 36.3. The maximum atomic E-state index is 13.3. The number of hydrogen-bond donors (Lipinski definition) is 0. The largest absolute Gasteiger partial charge is 0.363 e. The third-order valence-electron chi connectivity index (χ3n) is 3.46. The third kappa shape index (κ3) is 1.61. The van der Waals surface area contributed by atoms with E-state index in [4.69, 9.17) is 0 Å². The smallest absolute Gasteiger partial charge is 0.299 e. The van der Waals surface area contributed by atoms with Crippen molar-refractivity contribution in [2.75, 3.05) is 0 Å². The van der Waals surface area contributed by atoms with Crippen molar-refractivity contribution in [1.29, 1.82) is 0 Å². The predicted molar refractivity (Wildman–Crippen MR) is 48.1 cm³/mol. The SMILES string of the molecule is O=C1CC2CC1CC2C(F)(F)C(F)(F)Br. The van der Waals surface area contributed by atoms with Gasteiger partial charge in [0.25, 0.3) is 0 Å². The van der Waals surface area contributed by atoms with E-state index in [2.05, 4.69) is 0 Å². The molecule has 0 heterocycles. The van der Waals surface area contributed by atoms with Crippen molar-refractivity contribution in [1.82, 2.24) is 0 Å². The molecule has 0 spiro atoms. The van der Waals surface area contributed by atoms with Crippen LogP contribution in [0, 0.1) is 17.8 Å². The first-order valence-corrected chi connectivity index (χ1v) is 5.50. The van der Waals surface area contributed by atoms with Gasteiger partial charge in [0.05, 0.1) is 0 Å². The van der Waals surface area contributed by atoms with Gasteiger partial charge in [0.15, 0.2) is 0 Å². The zero-order chi connectivity index (χ0) is 11.4. The average Bonchev–Trinajstić information content (AvgIpc) is 2.59. The molecule has 0 saturated heterocycles. The van der Waals surface area contributed by atoms with E-state index in [1.54, 1.807) is 15.9 Å². The molecule has 2 bridgehead atoms. The van der Waals surface area contributed by atoms with Gasteiger partial charge in [-0.05, 0) is 34.7 Å². The fraction of sp³-hybridized carbons (Fsp3) is 0.889. The molecule has 6 heteroatoms. The first-order chi connectivity index (χ1) is 6.73. The molecule has 86 valence electrons. The van der Waals surface area contributed by atoms with Gasteiger partial charge < -0.3 is 0 Å².